The molecule has 3 N–H and O–H groups in total. The minimum Gasteiger partial charge on any atom is -0.465 e. The standard InChI is InChI=1S/C17H20N2O6S/c1-9-10(2)24-11(3)15(9)17(21)25-12(4)16(20)19-13-6-5-7-14(8-13)26(18,22)23/h5-8,12H,1-4H3,(H,19,20)(H2,18,22,23)/t12-/m1/s1. The predicted octanol–water partition coefficient (Wildman–Crippen LogP) is 2.04. The highest BCUT2D eigenvalue weighted by Crippen LogP contribution is 2.22. The number of nitrogens with two attached hydrogens (primary N) is 1. The van der Waals surface area contributed by atoms with Crippen LogP contribution in [0, 0.1) is 20.8 Å². The van der Waals surface area contributed by atoms with E-state index in [1.165, 1.54) is 31.2 Å². The van der Waals surface area contributed by atoms with Gasteiger partial charge in [0.2, 0.25) is 10.0 Å². The fourth-order valence-corrected chi connectivity index (χ4v) is 2.92. The van der Waals surface area contributed by atoms with Crippen LogP contribution in [0.25, 0.3) is 0 Å². The maximum absolute atomic E-state index is 12.3. The Balaban J connectivity index is 2.10. The zero-order valence-electron chi connectivity index (χ0n) is 14.8. The molecule has 1 amide bonds. The highest BCUT2D eigenvalue weighted by atomic mass is 32.2. The molecule has 8 nitrogen and oxygen atoms in total. The predicted molar refractivity (Wildman–Crippen MR) is 94.2 cm³/mol. The number of primary sulfonamides is 1. The van der Waals surface area contributed by atoms with Crippen LogP contribution in [0.1, 0.15) is 34.4 Å². The SMILES string of the molecule is Cc1oc(C)c(C(=O)O[C@H](C)C(=O)Nc2cccc(S(N)(=O)=O)c2)c1C. The van der Waals surface area contributed by atoms with E-state index < -0.39 is 28.0 Å². The molecule has 0 aliphatic carbocycles. The summed E-state index contributed by atoms with van der Waals surface area (Å²) in [4.78, 5) is 24.4. The van der Waals surface area contributed by atoms with E-state index in [9.17, 15) is 18.0 Å². The van der Waals surface area contributed by atoms with Crippen molar-refractivity contribution < 1.29 is 27.2 Å². The molecule has 1 aromatic carbocycles. The number of anilines is 1. The van der Waals surface area contributed by atoms with Crippen molar-refractivity contribution in [3.63, 3.8) is 0 Å². The van der Waals surface area contributed by atoms with Gasteiger partial charge in [-0.2, -0.15) is 0 Å². The topological polar surface area (TPSA) is 129 Å². The number of hydrogen-bond donors (Lipinski definition) is 2. The first-order chi connectivity index (χ1) is 12.0. The Kier molecular flexibility index (Phi) is 5.53. The summed E-state index contributed by atoms with van der Waals surface area (Å²) in [5.41, 5.74) is 1.16. The molecule has 1 aromatic heterocycles. The zero-order chi connectivity index (χ0) is 19.6. The largest absolute Gasteiger partial charge is 0.465 e. The van der Waals surface area contributed by atoms with Gasteiger partial charge in [0.25, 0.3) is 5.91 Å². The summed E-state index contributed by atoms with van der Waals surface area (Å²) in [7, 11) is -3.89. The molecule has 26 heavy (non-hydrogen) atoms. The van der Waals surface area contributed by atoms with Crippen molar-refractivity contribution in [2.45, 2.75) is 38.7 Å². The normalized spacial score (nSPS) is 12.5. The van der Waals surface area contributed by atoms with Crippen molar-refractivity contribution in [2.24, 2.45) is 5.14 Å². The second-order valence-electron chi connectivity index (χ2n) is 5.82. The molecule has 0 aliphatic heterocycles. The third-order valence-electron chi connectivity index (χ3n) is 3.85. The summed E-state index contributed by atoms with van der Waals surface area (Å²) < 4.78 is 33.3. The number of carbonyl (C=O) groups is 2. The third kappa shape index (κ3) is 4.30. The number of sulfonamides is 1. The van der Waals surface area contributed by atoms with Gasteiger partial charge in [-0.05, 0) is 45.9 Å². The molecule has 0 radical (unpaired) electrons. The van der Waals surface area contributed by atoms with E-state index in [0.717, 1.165) is 0 Å². The van der Waals surface area contributed by atoms with Crippen LogP contribution in [0.4, 0.5) is 5.69 Å². The first kappa shape index (κ1) is 19.7. The zero-order valence-corrected chi connectivity index (χ0v) is 15.6. The number of hydrogen-bond acceptors (Lipinski definition) is 6. The summed E-state index contributed by atoms with van der Waals surface area (Å²) >= 11 is 0. The van der Waals surface area contributed by atoms with Gasteiger partial charge in [-0.3, -0.25) is 4.79 Å². The van der Waals surface area contributed by atoms with Crippen LogP contribution >= 0.6 is 0 Å². The number of esters is 1. The van der Waals surface area contributed by atoms with Gasteiger partial charge in [-0.25, -0.2) is 18.4 Å². The quantitative estimate of drug-likeness (QED) is 0.764. The van der Waals surface area contributed by atoms with Crippen molar-refractivity contribution >= 4 is 27.6 Å². The molecule has 140 valence electrons. The van der Waals surface area contributed by atoms with E-state index in [1.807, 2.05) is 0 Å². The van der Waals surface area contributed by atoms with E-state index in [0.29, 0.717) is 22.6 Å². The number of furan rings is 1. The van der Waals surface area contributed by atoms with Gasteiger partial charge < -0.3 is 14.5 Å². The molecular formula is C17H20N2O6S. The van der Waals surface area contributed by atoms with Gasteiger partial charge in [-0.1, -0.05) is 6.07 Å². The maximum atomic E-state index is 12.3. The van der Waals surface area contributed by atoms with E-state index in [2.05, 4.69) is 5.32 Å². The fourth-order valence-electron chi connectivity index (χ4n) is 2.36. The lowest BCUT2D eigenvalue weighted by Crippen LogP contribution is -2.30. The number of aryl methyl sites for hydroxylation is 2. The molecule has 1 atom stereocenters. The Morgan fingerprint density at radius 3 is 2.38 bits per heavy atom. The van der Waals surface area contributed by atoms with Crippen LogP contribution in [0.3, 0.4) is 0 Å². The molecule has 2 rings (SSSR count). The van der Waals surface area contributed by atoms with E-state index in [1.54, 1.807) is 20.8 Å². The highest BCUT2D eigenvalue weighted by Gasteiger charge is 2.24. The molecular weight excluding hydrogens is 360 g/mol. The Morgan fingerprint density at radius 1 is 1.19 bits per heavy atom. The highest BCUT2D eigenvalue weighted by molar-refractivity contribution is 7.89. The minimum absolute atomic E-state index is 0.139. The Labute approximate surface area is 151 Å². The van der Waals surface area contributed by atoms with Crippen LogP contribution in [0.5, 0.6) is 0 Å². The van der Waals surface area contributed by atoms with Crippen molar-refractivity contribution in [2.75, 3.05) is 5.32 Å². The van der Waals surface area contributed by atoms with Crippen molar-refractivity contribution in [1.82, 2.24) is 0 Å². The van der Waals surface area contributed by atoms with Crippen molar-refractivity contribution in [3.8, 4) is 0 Å². The Bertz CT molecular complexity index is 962. The first-order valence-corrected chi connectivity index (χ1v) is 9.26. The van der Waals surface area contributed by atoms with Crippen LogP contribution in [-0.2, 0) is 19.6 Å². The second-order valence-corrected chi connectivity index (χ2v) is 7.39. The van der Waals surface area contributed by atoms with Crippen LogP contribution < -0.4 is 10.5 Å². The number of rotatable bonds is 5. The van der Waals surface area contributed by atoms with Crippen molar-refractivity contribution in [3.05, 3.63) is 46.9 Å². The smallest absolute Gasteiger partial charge is 0.342 e. The number of amides is 1. The van der Waals surface area contributed by atoms with Crippen LogP contribution in [0.15, 0.2) is 33.6 Å². The number of benzene rings is 1. The summed E-state index contributed by atoms with van der Waals surface area (Å²) in [6, 6.07) is 5.46. The lowest BCUT2D eigenvalue weighted by molar-refractivity contribution is -0.123. The molecule has 0 bridgehead atoms. The Morgan fingerprint density at radius 2 is 1.85 bits per heavy atom. The minimum atomic E-state index is -3.89. The molecule has 0 unspecified atom stereocenters. The maximum Gasteiger partial charge on any atom is 0.342 e. The first-order valence-electron chi connectivity index (χ1n) is 7.72. The molecule has 9 heteroatoms. The number of carbonyl (C=O) groups excluding carboxylic acids is 2. The fraction of sp³-hybridized carbons (Fsp3) is 0.294. The number of ether oxygens (including phenoxy) is 1. The summed E-state index contributed by atoms with van der Waals surface area (Å²) in [6.07, 6.45) is -1.10. The molecule has 0 spiro atoms. The monoisotopic (exact) mass is 380 g/mol. The van der Waals surface area contributed by atoms with Gasteiger partial charge in [0.15, 0.2) is 6.10 Å². The van der Waals surface area contributed by atoms with E-state index in [4.69, 9.17) is 14.3 Å². The lowest BCUT2D eigenvalue weighted by Gasteiger charge is -2.14. The van der Waals surface area contributed by atoms with E-state index in [-0.39, 0.29) is 10.6 Å². The summed E-state index contributed by atoms with van der Waals surface area (Å²) in [6.45, 7) is 6.51. The number of nitrogens with one attached hydrogen (secondary N) is 1. The van der Waals surface area contributed by atoms with Crippen LogP contribution in [0.2, 0.25) is 0 Å². The molecule has 1 heterocycles. The van der Waals surface area contributed by atoms with Crippen LogP contribution in [-0.4, -0.2) is 26.4 Å². The molecule has 0 saturated carbocycles. The summed E-state index contributed by atoms with van der Waals surface area (Å²) in [5.74, 6) is -0.261. The van der Waals surface area contributed by atoms with Gasteiger partial charge in [0.05, 0.1) is 4.90 Å². The van der Waals surface area contributed by atoms with Gasteiger partial charge >= 0.3 is 5.97 Å². The van der Waals surface area contributed by atoms with Gasteiger partial charge in [0, 0.05) is 11.3 Å². The molecule has 0 aliphatic rings. The van der Waals surface area contributed by atoms with Gasteiger partial charge in [0.1, 0.15) is 17.1 Å². The Hall–Kier alpha value is -2.65. The lowest BCUT2D eigenvalue weighted by atomic mass is 10.1. The molecule has 2 aromatic rings. The van der Waals surface area contributed by atoms with Crippen molar-refractivity contribution in [1.29, 1.82) is 0 Å². The van der Waals surface area contributed by atoms with Gasteiger partial charge in [-0.15, -0.1) is 0 Å². The molecule has 0 fully saturated rings. The second kappa shape index (κ2) is 7.30. The third-order valence-corrected chi connectivity index (χ3v) is 4.76. The summed E-state index contributed by atoms with van der Waals surface area (Å²) in [5, 5.41) is 7.54. The van der Waals surface area contributed by atoms with E-state index >= 15 is 0 Å². The average Bonchev–Trinajstić information content (AvgIpc) is 2.79. The average molecular weight is 380 g/mol. The molecule has 0 saturated heterocycles.